The van der Waals surface area contributed by atoms with Crippen LogP contribution in [0.2, 0.25) is 5.02 Å². The van der Waals surface area contributed by atoms with Crippen LogP contribution in [0, 0.1) is 29.9 Å². The topological polar surface area (TPSA) is 129 Å². The number of aromatic nitrogens is 4. The monoisotopic (exact) mass is 753 g/mol. The molecule has 3 aliphatic heterocycles. The molecular weight excluding hydrogens is 722 g/mol. The Balaban J connectivity index is 1.19. The van der Waals surface area contributed by atoms with E-state index < -0.39 is 35.0 Å². The Kier molecular flexibility index (Phi) is 8.23. The van der Waals surface area contributed by atoms with Gasteiger partial charge in [-0.15, -0.1) is 11.3 Å². The predicted octanol–water partition coefficient (Wildman–Crippen LogP) is 6.49. The number of anilines is 2. The molecule has 3 saturated heterocycles. The highest BCUT2D eigenvalue weighted by Gasteiger charge is 2.50. The first kappa shape index (κ1) is 34.4. The first-order valence-corrected chi connectivity index (χ1v) is 17.8. The molecule has 2 aromatic carbocycles. The Morgan fingerprint density at radius 2 is 2.08 bits per heavy atom. The number of nitrogens with zero attached hydrogens (tertiary/aromatic N) is 8. The van der Waals surface area contributed by atoms with E-state index in [-0.39, 0.29) is 92.2 Å². The van der Waals surface area contributed by atoms with E-state index >= 15 is 8.78 Å². The van der Waals surface area contributed by atoms with E-state index in [1.807, 2.05) is 6.07 Å². The number of nitrogen functional groups attached to an aromatic ring is 1. The smallest absolute Gasteiger partial charge is 0.329 e. The van der Waals surface area contributed by atoms with Gasteiger partial charge >= 0.3 is 12.0 Å². The zero-order valence-corrected chi connectivity index (χ0v) is 29.7. The number of aryl methyl sites for hydroxylation is 1. The van der Waals surface area contributed by atoms with Crippen molar-refractivity contribution in [2.24, 2.45) is 0 Å². The standard InChI is InChI=1S/C35H32ClF4N9O2S/c1-18-11-47(17-43-18)33(50)46(2)13-34(40)14-48(15-34)31-21-8-23(36)26(20-4-5-24(38)29-25(20)22(10-41)30(42)52-29)27(39)28(21)44-32(45-31)51-16-35-6-3-7-49(35)12-19(37)9-35/h4-5,8,11,17,19H,3,6-7,9,12-16,42H2,1-2H3/t19-,35+/m1/s1. The van der Waals surface area contributed by atoms with E-state index in [0.717, 1.165) is 36.8 Å². The van der Waals surface area contributed by atoms with Gasteiger partial charge in [0.15, 0.2) is 11.5 Å². The number of hydrogen-bond donors (Lipinski definition) is 1. The summed E-state index contributed by atoms with van der Waals surface area (Å²) in [5.74, 6) is -1.37. The average Bonchev–Trinajstić information content (AvgIpc) is 3.85. The Bertz CT molecular complexity index is 2320. The second-order valence-corrected chi connectivity index (χ2v) is 15.4. The van der Waals surface area contributed by atoms with Crippen molar-refractivity contribution in [2.75, 3.05) is 57.0 Å². The summed E-state index contributed by atoms with van der Waals surface area (Å²) in [6.45, 7) is 2.21. The molecule has 5 aromatic rings. The number of halogens is 5. The van der Waals surface area contributed by atoms with Gasteiger partial charge in [-0.2, -0.15) is 15.2 Å². The Labute approximate surface area is 304 Å². The fourth-order valence-corrected chi connectivity index (χ4v) is 9.22. The number of imidazole rings is 1. The lowest BCUT2D eigenvalue weighted by molar-refractivity contribution is 0.0830. The predicted molar refractivity (Wildman–Crippen MR) is 189 cm³/mol. The number of fused-ring (bicyclic) bond motifs is 3. The van der Waals surface area contributed by atoms with Gasteiger partial charge < -0.3 is 20.3 Å². The molecule has 2 atom stereocenters. The minimum atomic E-state index is -1.84. The lowest BCUT2D eigenvalue weighted by atomic mass is 9.94. The highest BCUT2D eigenvalue weighted by molar-refractivity contribution is 7.23. The summed E-state index contributed by atoms with van der Waals surface area (Å²) in [6.07, 6.45) is 3.79. The van der Waals surface area contributed by atoms with Crippen molar-refractivity contribution in [3.05, 3.63) is 58.6 Å². The number of carbonyl (C=O) groups excluding carboxylic acids is 1. The largest absolute Gasteiger partial charge is 0.461 e. The van der Waals surface area contributed by atoms with Gasteiger partial charge in [0.2, 0.25) is 0 Å². The fraction of sp³-hybridized carbons (Fsp3) is 0.400. The Morgan fingerprint density at radius 3 is 2.81 bits per heavy atom. The van der Waals surface area contributed by atoms with Gasteiger partial charge in [-0.1, -0.05) is 17.7 Å². The molecule has 3 aromatic heterocycles. The van der Waals surface area contributed by atoms with Gasteiger partial charge in [0.1, 0.15) is 47.3 Å². The van der Waals surface area contributed by atoms with Gasteiger partial charge in [-0.25, -0.2) is 27.3 Å². The maximum Gasteiger partial charge on any atom is 0.329 e. The van der Waals surface area contributed by atoms with Gasteiger partial charge in [0.25, 0.3) is 0 Å². The van der Waals surface area contributed by atoms with Crippen LogP contribution in [0.5, 0.6) is 6.01 Å². The highest BCUT2D eigenvalue weighted by atomic mass is 35.5. The van der Waals surface area contributed by atoms with Crippen molar-refractivity contribution in [2.45, 2.75) is 43.6 Å². The summed E-state index contributed by atoms with van der Waals surface area (Å²) in [7, 11) is 1.49. The fourth-order valence-electron chi connectivity index (χ4n) is 7.97. The molecule has 3 fully saturated rings. The van der Waals surface area contributed by atoms with Crippen molar-refractivity contribution in [3.8, 4) is 23.2 Å². The van der Waals surface area contributed by atoms with Crippen molar-refractivity contribution in [1.29, 1.82) is 5.26 Å². The Hall–Kier alpha value is -4.72. The summed E-state index contributed by atoms with van der Waals surface area (Å²) in [5, 5.41) is 10.1. The van der Waals surface area contributed by atoms with Crippen LogP contribution in [0.3, 0.4) is 0 Å². The summed E-state index contributed by atoms with van der Waals surface area (Å²) >= 11 is 7.66. The molecule has 0 saturated carbocycles. The molecule has 0 unspecified atom stereocenters. The number of ether oxygens (including phenoxy) is 1. The molecule has 0 radical (unpaired) electrons. The number of nitriles is 1. The van der Waals surface area contributed by atoms with Crippen molar-refractivity contribution >= 4 is 60.8 Å². The highest BCUT2D eigenvalue weighted by Crippen LogP contribution is 2.47. The van der Waals surface area contributed by atoms with Crippen LogP contribution in [0.1, 0.15) is 30.5 Å². The summed E-state index contributed by atoms with van der Waals surface area (Å²) in [5.41, 5.74) is 4.09. The van der Waals surface area contributed by atoms with Crippen LogP contribution >= 0.6 is 22.9 Å². The number of benzene rings is 2. The van der Waals surface area contributed by atoms with Gasteiger partial charge in [0.05, 0.1) is 46.2 Å². The molecule has 17 heteroatoms. The molecular formula is C35H32ClF4N9O2S. The number of nitrogens with two attached hydrogens (primary N) is 1. The number of alkyl halides is 2. The Morgan fingerprint density at radius 1 is 1.29 bits per heavy atom. The summed E-state index contributed by atoms with van der Waals surface area (Å²) < 4.78 is 70.1. The van der Waals surface area contributed by atoms with Crippen LogP contribution in [0.15, 0.2) is 30.7 Å². The lowest BCUT2D eigenvalue weighted by Gasteiger charge is -2.46. The third-order valence-corrected chi connectivity index (χ3v) is 11.6. The van der Waals surface area contributed by atoms with E-state index in [9.17, 15) is 18.8 Å². The maximum absolute atomic E-state index is 17.0. The third kappa shape index (κ3) is 5.57. The molecule has 0 spiro atoms. The molecule has 0 aliphatic carbocycles. The maximum atomic E-state index is 17.0. The van der Waals surface area contributed by atoms with Crippen LogP contribution in [0.4, 0.5) is 33.2 Å². The van der Waals surface area contributed by atoms with Crippen LogP contribution in [0.25, 0.3) is 32.1 Å². The van der Waals surface area contributed by atoms with Crippen molar-refractivity contribution in [3.63, 3.8) is 0 Å². The average molecular weight is 754 g/mol. The number of rotatable bonds is 7. The second-order valence-electron chi connectivity index (χ2n) is 14.0. The molecule has 270 valence electrons. The molecule has 3 aliphatic rings. The number of hydrogen-bond acceptors (Lipinski definition) is 10. The minimum Gasteiger partial charge on any atom is -0.461 e. The van der Waals surface area contributed by atoms with E-state index in [4.69, 9.17) is 22.1 Å². The number of carbonyl (C=O) groups is 1. The molecule has 8 rings (SSSR count). The third-order valence-electron chi connectivity index (χ3n) is 10.3. The molecule has 1 amide bonds. The second kappa shape index (κ2) is 12.5. The van der Waals surface area contributed by atoms with E-state index in [1.54, 1.807) is 18.0 Å². The summed E-state index contributed by atoms with van der Waals surface area (Å²) in [4.78, 5) is 30.9. The van der Waals surface area contributed by atoms with Crippen molar-refractivity contribution in [1.82, 2.24) is 29.3 Å². The number of thiophene rings is 1. The molecule has 52 heavy (non-hydrogen) atoms. The van der Waals surface area contributed by atoms with E-state index in [1.165, 1.54) is 35.0 Å². The van der Waals surface area contributed by atoms with Crippen molar-refractivity contribution < 1.29 is 27.1 Å². The van der Waals surface area contributed by atoms with Gasteiger partial charge in [-0.05, 0) is 44.0 Å². The van der Waals surface area contributed by atoms with Gasteiger partial charge in [-0.3, -0.25) is 9.47 Å². The quantitative estimate of drug-likeness (QED) is 0.186. The van der Waals surface area contributed by atoms with Crippen LogP contribution < -0.4 is 15.4 Å². The summed E-state index contributed by atoms with van der Waals surface area (Å²) in [6, 6.07) is 5.27. The first-order valence-electron chi connectivity index (χ1n) is 16.6. The van der Waals surface area contributed by atoms with Crippen LogP contribution in [-0.4, -0.2) is 99.1 Å². The number of amides is 1. The van der Waals surface area contributed by atoms with E-state index in [2.05, 4.69) is 19.9 Å². The zero-order chi connectivity index (χ0) is 36.7. The first-order chi connectivity index (χ1) is 24.8. The normalized spacial score (nSPS) is 21.0. The zero-order valence-electron chi connectivity index (χ0n) is 28.1. The minimum absolute atomic E-state index is 0.00736. The van der Waals surface area contributed by atoms with E-state index in [0.29, 0.717) is 12.2 Å². The molecule has 11 nitrogen and oxygen atoms in total. The molecule has 6 heterocycles. The SMILES string of the molecule is Cc1cn(C(=O)N(C)CC2(F)CN(c3nc(OC[C@@]45CCCN4C[C@H](F)C5)nc4c(F)c(-c5ccc(F)c6sc(N)c(C#N)c56)c(Cl)cc34)C2)cn1. The molecule has 2 N–H and O–H groups in total. The van der Waals surface area contributed by atoms with Gasteiger partial charge in [0, 0.05) is 42.5 Å². The lowest BCUT2D eigenvalue weighted by Crippen LogP contribution is -2.64. The van der Waals surface area contributed by atoms with Crippen LogP contribution in [-0.2, 0) is 0 Å². The molecule has 0 bridgehead atoms.